The quantitative estimate of drug-likeness (QED) is 0.663. The predicted octanol–water partition coefficient (Wildman–Crippen LogP) is 1.54. The van der Waals surface area contributed by atoms with Gasteiger partial charge in [0.05, 0.1) is 17.9 Å². The maximum Gasteiger partial charge on any atom is 0.233 e. The molecule has 3 rings (SSSR count). The molecule has 0 radical (unpaired) electrons. The van der Waals surface area contributed by atoms with Crippen LogP contribution in [0.2, 0.25) is 0 Å². The zero-order valence-electron chi connectivity index (χ0n) is 10.3. The van der Waals surface area contributed by atoms with E-state index >= 15 is 0 Å². The molecule has 3 heterocycles. The van der Waals surface area contributed by atoms with Crippen LogP contribution in [-0.4, -0.2) is 35.2 Å². The first-order valence-electron chi connectivity index (χ1n) is 6.09. The molecule has 98 valence electrons. The van der Waals surface area contributed by atoms with Crippen molar-refractivity contribution in [2.75, 3.05) is 5.88 Å². The lowest BCUT2D eigenvalue weighted by atomic mass is 10.3. The van der Waals surface area contributed by atoms with E-state index in [0.717, 1.165) is 24.2 Å². The highest BCUT2D eigenvalue weighted by Crippen LogP contribution is 2.05. The molecule has 3 aromatic heterocycles. The summed E-state index contributed by atoms with van der Waals surface area (Å²) in [6, 6.07) is 1.87. The number of alkyl halides is 1. The van der Waals surface area contributed by atoms with Gasteiger partial charge in [-0.1, -0.05) is 5.21 Å². The molecule has 6 nitrogen and oxygen atoms in total. The lowest BCUT2D eigenvalue weighted by Gasteiger charge is -1.94. The normalized spacial score (nSPS) is 11.2. The summed E-state index contributed by atoms with van der Waals surface area (Å²) in [6.07, 6.45) is 9.30. The van der Waals surface area contributed by atoms with Crippen molar-refractivity contribution in [1.29, 1.82) is 0 Å². The number of rotatable bonds is 5. The molecule has 0 aliphatic heterocycles. The Morgan fingerprint density at radius 2 is 2.16 bits per heavy atom. The van der Waals surface area contributed by atoms with Crippen LogP contribution in [0.4, 0.5) is 0 Å². The van der Waals surface area contributed by atoms with E-state index < -0.39 is 0 Å². The first-order chi connectivity index (χ1) is 9.35. The van der Waals surface area contributed by atoms with Crippen LogP contribution in [0.1, 0.15) is 17.8 Å². The SMILES string of the molecule is ClCCCc1cn(Cc2cn3cccnc3n2)nn1. The molecule has 0 aromatic carbocycles. The molecule has 7 heteroatoms. The van der Waals surface area contributed by atoms with Crippen molar-refractivity contribution in [1.82, 2.24) is 29.4 Å². The number of hydrogen-bond acceptors (Lipinski definition) is 4. The van der Waals surface area contributed by atoms with Crippen LogP contribution in [0.3, 0.4) is 0 Å². The van der Waals surface area contributed by atoms with Gasteiger partial charge in [0, 0.05) is 30.7 Å². The topological polar surface area (TPSA) is 60.9 Å². The summed E-state index contributed by atoms with van der Waals surface area (Å²) < 4.78 is 3.67. The standard InChI is InChI=1S/C12H13ClN6/c13-4-1-3-10-8-19(17-16-10)9-11-7-18-6-2-5-14-12(18)15-11/h2,5-8H,1,3-4,9H2. The van der Waals surface area contributed by atoms with Crippen LogP contribution in [0.15, 0.2) is 30.9 Å². The molecule has 3 aromatic rings. The highest BCUT2D eigenvalue weighted by atomic mass is 35.5. The molecule has 0 amide bonds. The molecule has 19 heavy (non-hydrogen) atoms. The molecule has 0 aliphatic carbocycles. The van der Waals surface area contributed by atoms with Gasteiger partial charge >= 0.3 is 0 Å². The molecule has 0 saturated heterocycles. The molecule has 0 aliphatic rings. The molecular formula is C12H13ClN6. The zero-order chi connectivity index (χ0) is 13.1. The van der Waals surface area contributed by atoms with E-state index in [1.54, 1.807) is 10.9 Å². The van der Waals surface area contributed by atoms with Crippen LogP contribution in [0.25, 0.3) is 5.78 Å². The van der Waals surface area contributed by atoms with Gasteiger partial charge in [0.25, 0.3) is 0 Å². The summed E-state index contributed by atoms with van der Waals surface area (Å²) in [5, 5.41) is 8.20. The largest absolute Gasteiger partial charge is 0.291 e. The average molecular weight is 277 g/mol. The molecule has 0 N–H and O–H groups in total. The maximum atomic E-state index is 5.66. The van der Waals surface area contributed by atoms with Crippen LogP contribution in [-0.2, 0) is 13.0 Å². The van der Waals surface area contributed by atoms with E-state index in [-0.39, 0.29) is 0 Å². The number of fused-ring (bicyclic) bond motifs is 1. The van der Waals surface area contributed by atoms with Crippen molar-refractivity contribution in [2.45, 2.75) is 19.4 Å². The summed E-state index contributed by atoms with van der Waals surface area (Å²) in [7, 11) is 0. The summed E-state index contributed by atoms with van der Waals surface area (Å²) >= 11 is 5.66. The number of nitrogens with zero attached hydrogens (tertiary/aromatic N) is 6. The minimum atomic E-state index is 0.594. The Labute approximate surface area is 115 Å². The monoisotopic (exact) mass is 276 g/mol. The van der Waals surface area contributed by atoms with E-state index in [2.05, 4.69) is 20.3 Å². The summed E-state index contributed by atoms with van der Waals surface area (Å²) in [6.45, 7) is 0.594. The van der Waals surface area contributed by atoms with Crippen molar-refractivity contribution < 1.29 is 0 Å². The van der Waals surface area contributed by atoms with Crippen molar-refractivity contribution in [3.63, 3.8) is 0 Å². The fourth-order valence-corrected chi connectivity index (χ4v) is 2.03. The number of imidazole rings is 1. The van der Waals surface area contributed by atoms with Crippen LogP contribution in [0.5, 0.6) is 0 Å². The Balaban J connectivity index is 1.75. The Bertz CT molecular complexity index is 640. The van der Waals surface area contributed by atoms with Gasteiger partial charge in [0.2, 0.25) is 5.78 Å². The number of halogens is 1. The van der Waals surface area contributed by atoms with E-state index in [0.29, 0.717) is 18.2 Å². The van der Waals surface area contributed by atoms with Gasteiger partial charge in [-0.3, -0.25) is 4.40 Å². The molecule has 0 saturated carbocycles. The first-order valence-corrected chi connectivity index (χ1v) is 6.62. The molecule has 0 unspecified atom stereocenters. The molecular weight excluding hydrogens is 264 g/mol. The molecule has 0 atom stereocenters. The predicted molar refractivity (Wildman–Crippen MR) is 71.2 cm³/mol. The third kappa shape index (κ3) is 2.73. The number of aryl methyl sites for hydroxylation is 1. The Hall–Kier alpha value is -1.95. The van der Waals surface area contributed by atoms with Crippen molar-refractivity contribution in [2.24, 2.45) is 0 Å². The van der Waals surface area contributed by atoms with E-state index in [1.165, 1.54) is 0 Å². The maximum absolute atomic E-state index is 5.66. The lowest BCUT2D eigenvalue weighted by Crippen LogP contribution is -2.00. The third-order valence-corrected chi connectivity index (χ3v) is 3.03. The van der Waals surface area contributed by atoms with Gasteiger partial charge in [-0.15, -0.1) is 16.7 Å². The van der Waals surface area contributed by atoms with E-state index in [9.17, 15) is 0 Å². The van der Waals surface area contributed by atoms with Gasteiger partial charge in [-0.05, 0) is 18.9 Å². The first kappa shape index (κ1) is 12.1. The van der Waals surface area contributed by atoms with Crippen LogP contribution < -0.4 is 0 Å². The fourth-order valence-electron chi connectivity index (χ4n) is 1.90. The van der Waals surface area contributed by atoms with Gasteiger partial charge in [0.1, 0.15) is 0 Å². The molecule has 0 fully saturated rings. The Morgan fingerprint density at radius 1 is 1.21 bits per heavy atom. The fraction of sp³-hybridized carbons (Fsp3) is 0.333. The minimum Gasteiger partial charge on any atom is -0.291 e. The lowest BCUT2D eigenvalue weighted by molar-refractivity contribution is 0.640. The summed E-state index contributed by atoms with van der Waals surface area (Å²) in [5.41, 5.74) is 1.87. The number of aromatic nitrogens is 6. The highest BCUT2D eigenvalue weighted by molar-refractivity contribution is 6.17. The average Bonchev–Trinajstić information content (AvgIpc) is 3.02. The van der Waals surface area contributed by atoms with E-state index in [1.807, 2.05) is 29.1 Å². The summed E-state index contributed by atoms with van der Waals surface area (Å²) in [4.78, 5) is 8.60. The van der Waals surface area contributed by atoms with Crippen molar-refractivity contribution in [3.8, 4) is 0 Å². The van der Waals surface area contributed by atoms with Crippen molar-refractivity contribution >= 4 is 17.4 Å². The molecule has 0 spiro atoms. The number of hydrogen-bond donors (Lipinski definition) is 0. The summed E-state index contributed by atoms with van der Waals surface area (Å²) in [5.74, 6) is 1.34. The second-order valence-corrected chi connectivity index (χ2v) is 4.64. The minimum absolute atomic E-state index is 0.594. The Morgan fingerprint density at radius 3 is 3.00 bits per heavy atom. The van der Waals surface area contributed by atoms with Crippen LogP contribution in [0, 0.1) is 0 Å². The van der Waals surface area contributed by atoms with E-state index in [4.69, 9.17) is 11.6 Å². The molecule has 0 bridgehead atoms. The Kier molecular flexibility index (Phi) is 3.41. The highest BCUT2D eigenvalue weighted by Gasteiger charge is 2.05. The second kappa shape index (κ2) is 5.36. The smallest absolute Gasteiger partial charge is 0.233 e. The van der Waals surface area contributed by atoms with Gasteiger partial charge in [-0.2, -0.15) is 0 Å². The van der Waals surface area contributed by atoms with Crippen LogP contribution >= 0.6 is 11.6 Å². The third-order valence-electron chi connectivity index (χ3n) is 2.76. The van der Waals surface area contributed by atoms with Gasteiger partial charge in [0.15, 0.2) is 0 Å². The van der Waals surface area contributed by atoms with Gasteiger partial charge < -0.3 is 0 Å². The second-order valence-electron chi connectivity index (χ2n) is 4.26. The zero-order valence-corrected chi connectivity index (χ0v) is 11.0. The van der Waals surface area contributed by atoms with Crippen molar-refractivity contribution in [3.05, 3.63) is 42.2 Å². The van der Waals surface area contributed by atoms with Gasteiger partial charge in [-0.25, -0.2) is 14.6 Å².